The average Bonchev–Trinajstić information content (AvgIpc) is 3.11. The zero-order valence-electron chi connectivity index (χ0n) is 17.7. The lowest BCUT2D eigenvalue weighted by Crippen LogP contribution is -2.55. The molecule has 2 heterocycles. The highest BCUT2D eigenvalue weighted by Gasteiger charge is 2.34. The van der Waals surface area contributed by atoms with Crippen molar-refractivity contribution >= 4 is 35.1 Å². The normalized spacial score (nSPS) is 14.6. The highest BCUT2D eigenvalue weighted by atomic mass is 35.5. The Morgan fingerprint density at radius 1 is 1.29 bits per heavy atom. The van der Waals surface area contributed by atoms with Crippen molar-refractivity contribution in [3.63, 3.8) is 0 Å². The second-order valence-corrected chi connectivity index (χ2v) is 9.19. The molecule has 0 aliphatic carbocycles. The summed E-state index contributed by atoms with van der Waals surface area (Å²) in [6, 6.07) is 3.83. The third-order valence-electron chi connectivity index (χ3n) is 5.02. The van der Waals surface area contributed by atoms with E-state index in [-0.39, 0.29) is 25.7 Å². The summed E-state index contributed by atoms with van der Waals surface area (Å²) in [6.07, 6.45) is 0.595. The third kappa shape index (κ3) is 5.20. The summed E-state index contributed by atoms with van der Waals surface area (Å²) in [5.74, 6) is -0.378. The monoisotopic (exact) mass is 468 g/mol. The minimum Gasteiger partial charge on any atom is -0.395 e. The van der Waals surface area contributed by atoms with Crippen LogP contribution in [0.25, 0.3) is 11.3 Å². The van der Waals surface area contributed by atoms with E-state index in [0.717, 1.165) is 11.1 Å². The molecule has 1 atom stereocenters. The molecular weight excluding hydrogens is 443 g/mol. The van der Waals surface area contributed by atoms with Crippen LogP contribution in [0.15, 0.2) is 18.2 Å². The fourth-order valence-electron chi connectivity index (χ4n) is 3.42. The highest BCUT2D eigenvalue weighted by Crippen LogP contribution is 2.33. The minimum atomic E-state index is -0.829. The van der Waals surface area contributed by atoms with Crippen molar-refractivity contribution in [3.8, 4) is 11.3 Å². The van der Waals surface area contributed by atoms with E-state index in [0.29, 0.717) is 34.5 Å². The van der Waals surface area contributed by atoms with Crippen LogP contribution in [0.4, 0.5) is 4.79 Å². The number of rotatable bonds is 5. The van der Waals surface area contributed by atoms with Crippen molar-refractivity contribution in [2.75, 3.05) is 19.8 Å². The molecule has 0 spiro atoms. The number of hydrogen-bond donors (Lipinski definition) is 3. The smallest absolute Gasteiger partial charge is 0.343 e. The quantitative estimate of drug-likeness (QED) is 0.625. The number of aliphatic hydroxyl groups excluding tert-OH is 1. The standard InChI is InChI=1S/C21H26Cl2N4O4/c1-21(2,3)18(19(29)24-7-8-28)25-20(30)27-16-11-31-9-6-13(16)17(26-27)12-4-5-14(22)15(23)10-12/h4-5,10,18,28H,6-9,11H2,1-3H3,(H,24,29)(H,25,30)/t18-/m1/s1. The molecule has 0 saturated heterocycles. The maximum Gasteiger partial charge on any atom is 0.343 e. The Balaban J connectivity index is 1.96. The predicted octanol–water partition coefficient (Wildman–Crippen LogP) is 3.01. The van der Waals surface area contributed by atoms with Gasteiger partial charge in [0, 0.05) is 17.7 Å². The van der Waals surface area contributed by atoms with Crippen molar-refractivity contribution in [3.05, 3.63) is 39.5 Å². The number of benzene rings is 1. The molecule has 0 unspecified atom stereocenters. The molecular formula is C21H26Cl2N4O4. The number of ether oxygens (including phenoxy) is 1. The molecule has 0 radical (unpaired) electrons. The Bertz CT molecular complexity index is 984. The van der Waals surface area contributed by atoms with Gasteiger partial charge in [-0.15, -0.1) is 0 Å². The van der Waals surface area contributed by atoms with Crippen molar-refractivity contribution < 1.29 is 19.4 Å². The van der Waals surface area contributed by atoms with Crippen LogP contribution in [0.1, 0.15) is 32.0 Å². The van der Waals surface area contributed by atoms with Gasteiger partial charge in [0.25, 0.3) is 0 Å². The molecule has 0 saturated carbocycles. The molecule has 10 heteroatoms. The summed E-state index contributed by atoms with van der Waals surface area (Å²) in [6.45, 7) is 6.20. The van der Waals surface area contributed by atoms with E-state index in [1.54, 1.807) is 18.2 Å². The molecule has 31 heavy (non-hydrogen) atoms. The molecule has 1 aliphatic rings. The lowest BCUT2D eigenvalue weighted by atomic mass is 9.86. The first-order valence-corrected chi connectivity index (χ1v) is 10.7. The number of aromatic nitrogens is 2. The lowest BCUT2D eigenvalue weighted by Gasteiger charge is -2.30. The maximum atomic E-state index is 13.2. The first-order valence-electron chi connectivity index (χ1n) is 9.97. The summed E-state index contributed by atoms with van der Waals surface area (Å²) in [4.78, 5) is 25.8. The van der Waals surface area contributed by atoms with Gasteiger partial charge in [-0.05, 0) is 24.0 Å². The fourth-order valence-corrected chi connectivity index (χ4v) is 3.72. The second kappa shape index (κ2) is 9.56. The predicted molar refractivity (Wildman–Crippen MR) is 118 cm³/mol. The number of carbonyl (C=O) groups excluding carboxylic acids is 2. The topological polar surface area (TPSA) is 105 Å². The van der Waals surface area contributed by atoms with Gasteiger partial charge >= 0.3 is 6.03 Å². The van der Waals surface area contributed by atoms with Gasteiger partial charge in [0.1, 0.15) is 6.04 Å². The Kier molecular flexibility index (Phi) is 7.26. The zero-order valence-corrected chi connectivity index (χ0v) is 19.2. The van der Waals surface area contributed by atoms with Crippen LogP contribution in [0.3, 0.4) is 0 Å². The van der Waals surface area contributed by atoms with Gasteiger partial charge in [0.15, 0.2) is 0 Å². The van der Waals surface area contributed by atoms with Gasteiger partial charge in [-0.3, -0.25) is 4.79 Å². The minimum absolute atomic E-state index is 0.105. The van der Waals surface area contributed by atoms with Gasteiger partial charge in [-0.25, -0.2) is 4.79 Å². The van der Waals surface area contributed by atoms with Crippen LogP contribution in [-0.2, 0) is 22.6 Å². The van der Waals surface area contributed by atoms with Crippen LogP contribution in [-0.4, -0.2) is 52.6 Å². The second-order valence-electron chi connectivity index (χ2n) is 8.38. The van der Waals surface area contributed by atoms with Gasteiger partial charge < -0.3 is 20.5 Å². The first-order chi connectivity index (χ1) is 14.6. The summed E-state index contributed by atoms with van der Waals surface area (Å²) >= 11 is 12.2. The Morgan fingerprint density at radius 3 is 2.68 bits per heavy atom. The number of hydrogen-bond acceptors (Lipinski definition) is 5. The third-order valence-corrected chi connectivity index (χ3v) is 5.76. The Morgan fingerprint density at radius 2 is 2.03 bits per heavy atom. The number of carbonyl (C=O) groups is 2. The fraction of sp³-hybridized carbons (Fsp3) is 0.476. The number of amides is 2. The van der Waals surface area contributed by atoms with Gasteiger partial charge in [-0.1, -0.05) is 50.0 Å². The molecule has 1 aromatic carbocycles. The van der Waals surface area contributed by atoms with Crippen LogP contribution < -0.4 is 10.6 Å². The highest BCUT2D eigenvalue weighted by molar-refractivity contribution is 6.42. The van der Waals surface area contributed by atoms with Crippen LogP contribution >= 0.6 is 23.2 Å². The molecule has 8 nitrogen and oxygen atoms in total. The van der Waals surface area contributed by atoms with E-state index < -0.39 is 17.5 Å². The lowest BCUT2D eigenvalue weighted by molar-refractivity contribution is -0.125. The molecule has 3 rings (SSSR count). The number of nitrogens with one attached hydrogen (secondary N) is 2. The van der Waals surface area contributed by atoms with Gasteiger partial charge in [-0.2, -0.15) is 9.78 Å². The number of fused-ring (bicyclic) bond motifs is 1. The molecule has 1 aliphatic heterocycles. The van der Waals surface area contributed by atoms with Crippen molar-refractivity contribution in [1.29, 1.82) is 0 Å². The van der Waals surface area contributed by atoms with Crippen molar-refractivity contribution in [2.24, 2.45) is 5.41 Å². The Hall–Kier alpha value is -2.13. The summed E-state index contributed by atoms with van der Waals surface area (Å²) in [5.41, 5.74) is 2.34. The molecule has 0 bridgehead atoms. The van der Waals surface area contributed by atoms with Crippen molar-refractivity contribution in [1.82, 2.24) is 20.4 Å². The summed E-state index contributed by atoms with van der Waals surface area (Å²) < 4.78 is 6.81. The maximum absolute atomic E-state index is 13.2. The molecule has 0 fully saturated rings. The number of halogens is 2. The van der Waals surface area contributed by atoms with E-state index in [9.17, 15) is 9.59 Å². The molecule has 2 amide bonds. The molecule has 2 aromatic rings. The zero-order chi connectivity index (χ0) is 22.8. The SMILES string of the molecule is CC(C)(C)[C@H](NC(=O)n1nc(-c2ccc(Cl)c(Cl)c2)c2c1COCC2)C(=O)NCCO. The van der Waals surface area contributed by atoms with Crippen LogP contribution in [0, 0.1) is 5.41 Å². The number of aliphatic hydroxyl groups is 1. The van der Waals surface area contributed by atoms with Crippen LogP contribution in [0.2, 0.25) is 10.0 Å². The van der Waals surface area contributed by atoms with Crippen LogP contribution in [0.5, 0.6) is 0 Å². The van der Waals surface area contributed by atoms with E-state index in [2.05, 4.69) is 15.7 Å². The first kappa shape index (κ1) is 23.5. The summed E-state index contributed by atoms with van der Waals surface area (Å²) in [7, 11) is 0. The molecule has 1 aromatic heterocycles. The molecule has 168 valence electrons. The van der Waals surface area contributed by atoms with E-state index in [1.807, 2.05) is 20.8 Å². The number of nitrogens with zero attached hydrogens (tertiary/aromatic N) is 2. The van der Waals surface area contributed by atoms with E-state index in [4.69, 9.17) is 33.0 Å². The molecule has 3 N–H and O–H groups in total. The van der Waals surface area contributed by atoms with E-state index >= 15 is 0 Å². The van der Waals surface area contributed by atoms with Gasteiger partial charge in [0.05, 0.1) is 41.3 Å². The van der Waals surface area contributed by atoms with Gasteiger partial charge in [0.2, 0.25) is 5.91 Å². The largest absolute Gasteiger partial charge is 0.395 e. The average molecular weight is 469 g/mol. The summed E-state index contributed by atoms with van der Waals surface area (Å²) in [5, 5.41) is 19.8. The Labute approximate surface area is 190 Å². The van der Waals surface area contributed by atoms with E-state index in [1.165, 1.54) is 4.68 Å². The van der Waals surface area contributed by atoms with Crippen molar-refractivity contribution in [2.45, 2.75) is 39.8 Å².